The lowest BCUT2D eigenvalue weighted by molar-refractivity contribution is -0.118. The maximum absolute atomic E-state index is 13.1. The maximum Gasteiger partial charge on any atom is 0.232 e. The van der Waals surface area contributed by atoms with Crippen LogP contribution in [0.2, 0.25) is 0 Å². The zero-order valence-electron chi connectivity index (χ0n) is 15.7. The second-order valence-electron chi connectivity index (χ2n) is 6.41. The van der Waals surface area contributed by atoms with E-state index in [1.165, 1.54) is 24.3 Å². The molecule has 29 heavy (non-hydrogen) atoms. The van der Waals surface area contributed by atoms with Gasteiger partial charge in [-0.25, -0.2) is 4.39 Å². The van der Waals surface area contributed by atoms with E-state index in [4.69, 9.17) is 4.74 Å². The monoisotopic (exact) mass is 394 g/mol. The first kappa shape index (κ1) is 20.1. The normalized spacial score (nSPS) is 14.8. The average molecular weight is 394 g/mol. The van der Waals surface area contributed by atoms with E-state index >= 15 is 0 Å². The number of ketones is 2. The molecule has 0 amide bonds. The summed E-state index contributed by atoms with van der Waals surface area (Å²) in [5.41, 5.74) is 0.141. The van der Waals surface area contributed by atoms with Gasteiger partial charge in [0.2, 0.25) is 11.6 Å². The van der Waals surface area contributed by atoms with Crippen molar-refractivity contribution in [1.29, 1.82) is 0 Å². The van der Waals surface area contributed by atoms with Crippen LogP contribution in [0.1, 0.15) is 24.5 Å². The third kappa shape index (κ3) is 4.27. The van der Waals surface area contributed by atoms with Crippen LogP contribution in [0.4, 0.5) is 4.39 Å². The molecule has 0 spiro atoms. The largest absolute Gasteiger partial charge is 0.504 e. The first-order valence-electron chi connectivity index (χ1n) is 9.05. The van der Waals surface area contributed by atoms with Crippen LogP contribution in [0.25, 0.3) is 11.6 Å². The molecule has 148 valence electrons. The van der Waals surface area contributed by atoms with Gasteiger partial charge in [0.25, 0.3) is 0 Å². The van der Waals surface area contributed by atoms with Gasteiger partial charge in [0.15, 0.2) is 11.5 Å². The van der Waals surface area contributed by atoms with Crippen LogP contribution in [-0.4, -0.2) is 28.4 Å². The molecule has 1 aliphatic carbocycles. The molecule has 2 aromatic rings. The number of rotatable bonds is 6. The smallest absolute Gasteiger partial charge is 0.232 e. The third-order valence-electron chi connectivity index (χ3n) is 4.30. The number of halogens is 1. The van der Waals surface area contributed by atoms with Crippen LogP contribution >= 0.6 is 0 Å². The van der Waals surface area contributed by atoms with E-state index in [2.05, 4.69) is 0 Å². The Morgan fingerprint density at radius 2 is 1.69 bits per heavy atom. The molecule has 2 N–H and O–H groups in total. The van der Waals surface area contributed by atoms with Crippen molar-refractivity contribution < 1.29 is 28.9 Å². The summed E-state index contributed by atoms with van der Waals surface area (Å²) < 4.78 is 18.7. The predicted octanol–water partition coefficient (Wildman–Crippen LogP) is 4.56. The Hall–Kier alpha value is -3.67. The fraction of sp³-hybridized carbons (Fsp3) is 0.130. The number of ether oxygens (including phenoxy) is 1. The minimum Gasteiger partial charge on any atom is -0.504 e. The molecule has 0 radical (unpaired) electrons. The molecule has 3 rings (SSSR count). The fourth-order valence-electron chi connectivity index (χ4n) is 2.84. The third-order valence-corrected chi connectivity index (χ3v) is 4.30. The van der Waals surface area contributed by atoms with Crippen molar-refractivity contribution in [3.05, 3.63) is 88.6 Å². The van der Waals surface area contributed by atoms with Crippen molar-refractivity contribution >= 4 is 23.2 Å². The maximum atomic E-state index is 13.1. The molecular formula is C23H19FO5. The number of allylic oxidation sites excluding steroid dienone is 3. The van der Waals surface area contributed by atoms with Crippen LogP contribution in [0.5, 0.6) is 5.75 Å². The lowest BCUT2D eigenvalue weighted by Gasteiger charge is -2.16. The minimum absolute atomic E-state index is 0.137. The van der Waals surface area contributed by atoms with Gasteiger partial charge in [-0.15, -0.1) is 0 Å². The zero-order chi connectivity index (χ0) is 21.0. The standard InChI is InChI=1S/C23H19FO5/c1-2-12-29-17-5-3-4-14(13-17)6-11-18-20(25)22(27)19(23(28)21(18)26)15-7-9-16(24)10-8-15/h3-11,13,25,28H,2,12H2,1H3. The quantitative estimate of drug-likeness (QED) is 0.702. The Bertz CT molecular complexity index is 1050. The number of hydrogen-bond acceptors (Lipinski definition) is 5. The Balaban J connectivity index is 1.90. The first-order valence-corrected chi connectivity index (χ1v) is 9.05. The van der Waals surface area contributed by atoms with Crippen LogP contribution in [-0.2, 0) is 9.59 Å². The summed E-state index contributed by atoms with van der Waals surface area (Å²) in [7, 11) is 0. The lowest BCUT2D eigenvalue weighted by atomic mass is 9.89. The zero-order valence-corrected chi connectivity index (χ0v) is 15.7. The molecule has 0 unspecified atom stereocenters. The van der Waals surface area contributed by atoms with Gasteiger partial charge < -0.3 is 14.9 Å². The van der Waals surface area contributed by atoms with Crippen molar-refractivity contribution in [2.45, 2.75) is 13.3 Å². The number of aliphatic hydroxyl groups excluding tert-OH is 2. The molecule has 6 heteroatoms. The molecule has 0 fully saturated rings. The lowest BCUT2D eigenvalue weighted by Crippen LogP contribution is -2.22. The van der Waals surface area contributed by atoms with E-state index in [-0.39, 0.29) is 16.7 Å². The fourth-order valence-corrected chi connectivity index (χ4v) is 2.84. The van der Waals surface area contributed by atoms with Gasteiger partial charge in [0.1, 0.15) is 11.6 Å². The molecule has 0 aromatic heterocycles. The molecule has 0 bridgehead atoms. The molecule has 0 saturated heterocycles. The molecule has 0 aliphatic heterocycles. The summed E-state index contributed by atoms with van der Waals surface area (Å²) in [6, 6.07) is 11.8. The van der Waals surface area contributed by atoms with E-state index in [1.54, 1.807) is 24.3 Å². The van der Waals surface area contributed by atoms with Gasteiger partial charge in [-0.2, -0.15) is 0 Å². The Morgan fingerprint density at radius 3 is 2.38 bits per heavy atom. The highest BCUT2D eigenvalue weighted by atomic mass is 19.1. The average Bonchev–Trinajstić information content (AvgIpc) is 2.72. The predicted molar refractivity (Wildman–Crippen MR) is 107 cm³/mol. The Morgan fingerprint density at radius 1 is 0.966 bits per heavy atom. The highest BCUT2D eigenvalue weighted by Crippen LogP contribution is 2.30. The second kappa shape index (κ2) is 8.56. The highest BCUT2D eigenvalue weighted by Gasteiger charge is 2.34. The van der Waals surface area contributed by atoms with E-state index in [9.17, 15) is 24.2 Å². The van der Waals surface area contributed by atoms with Gasteiger partial charge in [0, 0.05) is 0 Å². The van der Waals surface area contributed by atoms with Crippen LogP contribution in [0, 0.1) is 5.82 Å². The summed E-state index contributed by atoms with van der Waals surface area (Å²) in [5.74, 6) is -3.25. The summed E-state index contributed by atoms with van der Waals surface area (Å²) in [6.45, 7) is 2.56. The van der Waals surface area contributed by atoms with Gasteiger partial charge in [-0.1, -0.05) is 37.3 Å². The van der Waals surface area contributed by atoms with Gasteiger partial charge in [-0.3, -0.25) is 9.59 Å². The van der Waals surface area contributed by atoms with Crippen molar-refractivity contribution in [2.75, 3.05) is 6.61 Å². The Kier molecular flexibility index (Phi) is 5.93. The number of benzene rings is 2. The molecule has 0 atom stereocenters. The van der Waals surface area contributed by atoms with E-state index in [0.29, 0.717) is 17.9 Å². The summed E-state index contributed by atoms with van der Waals surface area (Å²) in [4.78, 5) is 25.1. The minimum atomic E-state index is -0.909. The summed E-state index contributed by atoms with van der Waals surface area (Å²) >= 11 is 0. The van der Waals surface area contributed by atoms with E-state index < -0.39 is 28.9 Å². The van der Waals surface area contributed by atoms with Crippen molar-refractivity contribution in [3.8, 4) is 5.75 Å². The first-order chi connectivity index (χ1) is 13.9. The van der Waals surface area contributed by atoms with Crippen molar-refractivity contribution in [3.63, 3.8) is 0 Å². The molecule has 0 heterocycles. The van der Waals surface area contributed by atoms with Crippen LogP contribution < -0.4 is 4.74 Å². The molecule has 2 aromatic carbocycles. The van der Waals surface area contributed by atoms with Crippen molar-refractivity contribution in [1.82, 2.24) is 0 Å². The SMILES string of the molecule is CCCOc1cccc(C=CC2=C(O)C(=O)C(c3ccc(F)cc3)=C(O)C2=O)c1. The van der Waals surface area contributed by atoms with E-state index in [0.717, 1.165) is 18.6 Å². The topological polar surface area (TPSA) is 83.8 Å². The number of carbonyl (C=O) groups excluding carboxylic acids is 2. The number of aliphatic hydroxyl groups is 2. The van der Waals surface area contributed by atoms with Crippen LogP contribution in [0.3, 0.4) is 0 Å². The van der Waals surface area contributed by atoms with Gasteiger partial charge in [-0.05, 0) is 47.9 Å². The van der Waals surface area contributed by atoms with Gasteiger partial charge in [0.05, 0.1) is 17.8 Å². The van der Waals surface area contributed by atoms with E-state index in [1.807, 2.05) is 6.92 Å². The highest BCUT2D eigenvalue weighted by molar-refractivity contribution is 6.38. The second-order valence-corrected chi connectivity index (χ2v) is 6.41. The molecule has 1 aliphatic rings. The number of Topliss-reactive ketones (excluding diaryl/α,β-unsaturated/α-hetero) is 2. The molecule has 0 saturated carbocycles. The van der Waals surface area contributed by atoms with Gasteiger partial charge >= 0.3 is 0 Å². The Labute approximate surface area is 167 Å². The summed E-state index contributed by atoms with van der Waals surface area (Å²) in [5, 5.41) is 20.5. The molecule has 5 nitrogen and oxygen atoms in total. The number of hydrogen-bond donors (Lipinski definition) is 2. The molecular weight excluding hydrogens is 375 g/mol. The van der Waals surface area contributed by atoms with Crippen molar-refractivity contribution in [2.24, 2.45) is 0 Å². The van der Waals surface area contributed by atoms with Crippen LogP contribution in [0.15, 0.2) is 71.7 Å². The summed E-state index contributed by atoms with van der Waals surface area (Å²) in [6.07, 6.45) is 3.66. The number of carbonyl (C=O) groups is 2.